The topological polar surface area (TPSA) is 92.9 Å². The number of nitrogens with two attached hydrogens (primary N) is 1. The maximum absolute atomic E-state index is 12.0. The van der Waals surface area contributed by atoms with E-state index in [1.54, 1.807) is 6.07 Å². The Morgan fingerprint density at radius 2 is 2.14 bits per heavy atom. The normalized spacial score (nSPS) is 16.0. The molecule has 1 atom stereocenters. The summed E-state index contributed by atoms with van der Waals surface area (Å²) in [5, 5.41) is 8.84. The number of hydrogen-bond acceptors (Lipinski definition) is 4. The molecule has 2 rings (SSSR count). The van der Waals surface area contributed by atoms with Gasteiger partial charge in [-0.1, -0.05) is 26.8 Å². The lowest BCUT2D eigenvalue weighted by Gasteiger charge is -2.32. The first-order chi connectivity index (χ1) is 10.2. The number of rotatable bonds is 4. The number of amides is 1. The minimum absolute atomic E-state index is 0.0721. The summed E-state index contributed by atoms with van der Waals surface area (Å²) in [7, 11) is 0. The molecular formula is C16H22N2O4. The average molecular weight is 306 g/mol. The Kier molecular flexibility index (Phi) is 4.42. The third-order valence-corrected chi connectivity index (χ3v) is 3.77. The van der Waals surface area contributed by atoms with E-state index in [9.17, 15) is 9.59 Å². The molecule has 22 heavy (non-hydrogen) atoms. The lowest BCUT2D eigenvalue weighted by Crippen LogP contribution is -2.40. The summed E-state index contributed by atoms with van der Waals surface area (Å²) in [5.74, 6) is -0.603. The monoisotopic (exact) mass is 306 g/mol. The highest BCUT2D eigenvalue weighted by Gasteiger charge is 2.29. The highest BCUT2D eigenvalue weighted by Crippen LogP contribution is 2.38. The lowest BCUT2D eigenvalue weighted by molar-refractivity contribution is -0.136. The van der Waals surface area contributed by atoms with Crippen molar-refractivity contribution in [3.05, 3.63) is 23.8 Å². The second kappa shape index (κ2) is 5.96. The van der Waals surface area contributed by atoms with Gasteiger partial charge < -0.3 is 20.5 Å². The second-order valence-corrected chi connectivity index (χ2v) is 6.55. The lowest BCUT2D eigenvalue weighted by atomic mass is 9.83. The van der Waals surface area contributed by atoms with Crippen molar-refractivity contribution in [2.75, 3.05) is 18.1 Å². The van der Waals surface area contributed by atoms with E-state index in [-0.39, 0.29) is 36.9 Å². The molecular weight excluding hydrogens is 284 g/mol. The molecule has 0 saturated heterocycles. The van der Waals surface area contributed by atoms with Gasteiger partial charge in [-0.3, -0.25) is 9.59 Å². The van der Waals surface area contributed by atoms with Gasteiger partial charge in [0.15, 0.2) is 6.61 Å². The van der Waals surface area contributed by atoms with Crippen molar-refractivity contribution in [1.29, 1.82) is 0 Å². The standard InChI is InChI=1S/C16H22N2O4/c1-16(2,3)15(17)10-4-5-12-11(8-10)18(7-6-14(20)21)13(19)9-22-12/h4-5,8,15H,6-7,9,17H2,1-3H3,(H,20,21). The molecule has 3 N–H and O–H groups in total. The zero-order chi connectivity index (χ0) is 16.5. The smallest absolute Gasteiger partial charge is 0.305 e. The first kappa shape index (κ1) is 16.3. The second-order valence-electron chi connectivity index (χ2n) is 6.55. The number of anilines is 1. The Morgan fingerprint density at radius 3 is 2.73 bits per heavy atom. The van der Waals surface area contributed by atoms with Gasteiger partial charge in [0.1, 0.15) is 5.75 Å². The van der Waals surface area contributed by atoms with Crippen molar-refractivity contribution in [1.82, 2.24) is 0 Å². The van der Waals surface area contributed by atoms with Crippen LogP contribution < -0.4 is 15.4 Å². The number of ether oxygens (including phenoxy) is 1. The summed E-state index contributed by atoms with van der Waals surface area (Å²) in [4.78, 5) is 24.3. The Hall–Kier alpha value is -2.08. The van der Waals surface area contributed by atoms with E-state index in [0.29, 0.717) is 11.4 Å². The Labute approximate surface area is 129 Å². The minimum atomic E-state index is -0.941. The van der Waals surface area contributed by atoms with Gasteiger partial charge in [0.05, 0.1) is 12.1 Å². The number of hydrogen-bond donors (Lipinski definition) is 2. The van der Waals surface area contributed by atoms with Crippen molar-refractivity contribution in [3.63, 3.8) is 0 Å². The van der Waals surface area contributed by atoms with Crippen LogP contribution in [0.25, 0.3) is 0 Å². The van der Waals surface area contributed by atoms with Gasteiger partial charge >= 0.3 is 5.97 Å². The third kappa shape index (κ3) is 3.39. The zero-order valence-corrected chi connectivity index (χ0v) is 13.1. The Bertz CT molecular complexity index is 592. The summed E-state index contributed by atoms with van der Waals surface area (Å²) >= 11 is 0. The summed E-state index contributed by atoms with van der Waals surface area (Å²) in [6.07, 6.45) is -0.110. The number of fused-ring (bicyclic) bond motifs is 1. The molecule has 1 unspecified atom stereocenters. The van der Waals surface area contributed by atoms with Crippen LogP contribution in [0.15, 0.2) is 18.2 Å². The number of aliphatic carboxylic acids is 1. The van der Waals surface area contributed by atoms with Crippen molar-refractivity contribution >= 4 is 17.6 Å². The fourth-order valence-electron chi connectivity index (χ4n) is 2.37. The van der Waals surface area contributed by atoms with Gasteiger partial charge in [0.2, 0.25) is 0 Å². The quantitative estimate of drug-likeness (QED) is 0.886. The largest absolute Gasteiger partial charge is 0.482 e. The molecule has 0 bridgehead atoms. The number of carboxylic acid groups (broad SMARTS) is 1. The fourth-order valence-corrected chi connectivity index (χ4v) is 2.37. The van der Waals surface area contributed by atoms with Crippen molar-refractivity contribution in [2.24, 2.45) is 11.1 Å². The van der Waals surface area contributed by atoms with Gasteiger partial charge in [-0.2, -0.15) is 0 Å². The SMILES string of the molecule is CC(C)(C)C(N)c1ccc2c(c1)N(CCC(=O)O)C(=O)CO2. The van der Waals surface area contributed by atoms with E-state index < -0.39 is 5.97 Å². The molecule has 1 aliphatic rings. The minimum Gasteiger partial charge on any atom is -0.482 e. The van der Waals surface area contributed by atoms with Gasteiger partial charge in [-0.05, 0) is 23.1 Å². The molecule has 6 heteroatoms. The molecule has 1 aromatic carbocycles. The van der Waals surface area contributed by atoms with Crippen LogP contribution in [0.5, 0.6) is 5.75 Å². The first-order valence-corrected chi connectivity index (χ1v) is 7.24. The number of carbonyl (C=O) groups excluding carboxylic acids is 1. The van der Waals surface area contributed by atoms with E-state index in [1.807, 2.05) is 32.9 Å². The predicted octanol–water partition coefficient (Wildman–Crippen LogP) is 1.93. The predicted molar refractivity (Wildman–Crippen MR) is 82.9 cm³/mol. The van der Waals surface area contributed by atoms with Gasteiger partial charge in [0.25, 0.3) is 5.91 Å². The summed E-state index contributed by atoms with van der Waals surface area (Å²) < 4.78 is 5.41. The van der Waals surface area contributed by atoms with Crippen LogP contribution in [0.4, 0.5) is 5.69 Å². The molecule has 0 fully saturated rings. The molecule has 0 saturated carbocycles. The molecule has 1 amide bonds. The van der Waals surface area contributed by atoms with Crippen molar-refractivity contribution in [3.8, 4) is 5.75 Å². The van der Waals surface area contributed by atoms with Crippen molar-refractivity contribution in [2.45, 2.75) is 33.2 Å². The molecule has 120 valence electrons. The van der Waals surface area contributed by atoms with Crippen LogP contribution in [-0.2, 0) is 9.59 Å². The molecule has 0 radical (unpaired) electrons. The first-order valence-electron chi connectivity index (χ1n) is 7.24. The maximum atomic E-state index is 12.0. The van der Waals surface area contributed by atoms with E-state index in [2.05, 4.69) is 0 Å². The van der Waals surface area contributed by atoms with Crippen LogP contribution in [0.3, 0.4) is 0 Å². The zero-order valence-electron chi connectivity index (χ0n) is 13.1. The molecule has 1 heterocycles. The van der Waals surface area contributed by atoms with Crippen LogP contribution in [0.1, 0.15) is 38.8 Å². The van der Waals surface area contributed by atoms with Crippen molar-refractivity contribution < 1.29 is 19.4 Å². The molecule has 1 aromatic rings. The summed E-state index contributed by atoms with van der Waals surface area (Å²) in [5.41, 5.74) is 7.63. The van der Waals surface area contributed by atoms with E-state index >= 15 is 0 Å². The van der Waals surface area contributed by atoms with E-state index in [4.69, 9.17) is 15.6 Å². The number of benzene rings is 1. The molecule has 0 aromatic heterocycles. The molecule has 0 spiro atoms. The number of nitrogens with zero attached hydrogens (tertiary/aromatic N) is 1. The highest BCUT2D eigenvalue weighted by atomic mass is 16.5. The van der Waals surface area contributed by atoms with Crippen LogP contribution in [-0.4, -0.2) is 30.1 Å². The molecule has 6 nitrogen and oxygen atoms in total. The van der Waals surface area contributed by atoms with Gasteiger partial charge in [0, 0.05) is 12.6 Å². The number of carbonyl (C=O) groups is 2. The van der Waals surface area contributed by atoms with Crippen LogP contribution >= 0.6 is 0 Å². The number of carboxylic acids is 1. The molecule has 0 aliphatic carbocycles. The average Bonchev–Trinajstić information content (AvgIpc) is 2.43. The van der Waals surface area contributed by atoms with Gasteiger partial charge in [-0.15, -0.1) is 0 Å². The Balaban J connectivity index is 2.35. The highest BCUT2D eigenvalue weighted by molar-refractivity contribution is 5.98. The maximum Gasteiger partial charge on any atom is 0.305 e. The van der Waals surface area contributed by atoms with Crippen LogP contribution in [0, 0.1) is 5.41 Å². The summed E-state index contributed by atoms with van der Waals surface area (Å²) in [6, 6.07) is 5.30. The third-order valence-electron chi connectivity index (χ3n) is 3.77. The van der Waals surface area contributed by atoms with Gasteiger partial charge in [-0.25, -0.2) is 0 Å². The van der Waals surface area contributed by atoms with E-state index in [1.165, 1.54) is 4.90 Å². The fraction of sp³-hybridized carbons (Fsp3) is 0.500. The summed E-state index contributed by atoms with van der Waals surface area (Å²) in [6.45, 7) is 6.18. The molecule has 1 aliphatic heterocycles. The van der Waals surface area contributed by atoms with E-state index in [0.717, 1.165) is 5.56 Å². The Morgan fingerprint density at radius 1 is 1.45 bits per heavy atom. The van der Waals surface area contributed by atoms with Crippen LogP contribution in [0.2, 0.25) is 0 Å².